The maximum Gasteiger partial charge on any atom is 0.228 e. The quantitative estimate of drug-likeness (QED) is 0.507. The number of carbonyl (C=O) groups excluding carboxylic acids is 1. The van der Waals surface area contributed by atoms with Crippen molar-refractivity contribution in [3.05, 3.63) is 53.4 Å². The number of hydrogen-bond acceptors (Lipinski definition) is 6. The van der Waals surface area contributed by atoms with Crippen molar-refractivity contribution in [2.24, 2.45) is 0 Å². The molecule has 1 aliphatic heterocycles. The molecule has 1 saturated heterocycles. The highest BCUT2D eigenvalue weighted by Gasteiger charge is 2.21. The zero-order valence-electron chi connectivity index (χ0n) is 16.6. The maximum atomic E-state index is 12.3. The van der Waals surface area contributed by atoms with Gasteiger partial charge in [0.05, 0.1) is 12.8 Å². The fourth-order valence-corrected chi connectivity index (χ4v) is 4.50. The molecule has 4 rings (SSSR count). The summed E-state index contributed by atoms with van der Waals surface area (Å²) in [6.45, 7) is 2.55. The number of carbonyl (C=O) groups is 1. The molecule has 1 aromatic carbocycles. The van der Waals surface area contributed by atoms with Crippen molar-refractivity contribution in [1.82, 2.24) is 14.8 Å². The smallest absolute Gasteiger partial charge is 0.228 e. The van der Waals surface area contributed by atoms with Crippen LogP contribution in [-0.4, -0.2) is 39.5 Å². The van der Waals surface area contributed by atoms with E-state index in [4.69, 9.17) is 16.0 Å². The highest BCUT2D eigenvalue weighted by Crippen LogP contribution is 2.26. The van der Waals surface area contributed by atoms with Gasteiger partial charge in [-0.1, -0.05) is 29.4 Å². The number of aromatic nitrogens is 3. The summed E-state index contributed by atoms with van der Waals surface area (Å²) in [4.78, 5) is 14.6. The van der Waals surface area contributed by atoms with Crippen LogP contribution in [0.15, 0.2) is 52.2 Å². The second-order valence-electron chi connectivity index (χ2n) is 7.15. The summed E-state index contributed by atoms with van der Waals surface area (Å²) in [5.74, 6) is 2.27. The number of hydrogen-bond donors (Lipinski definition) is 1. The largest absolute Gasteiger partial charge is 0.467 e. The van der Waals surface area contributed by atoms with Crippen LogP contribution in [0.3, 0.4) is 0 Å². The monoisotopic (exact) mass is 445 g/mol. The molecular weight excluding hydrogens is 422 g/mol. The number of thioether (sulfide) groups is 1. The van der Waals surface area contributed by atoms with E-state index in [-0.39, 0.29) is 5.91 Å². The molecule has 3 heterocycles. The van der Waals surface area contributed by atoms with Crippen molar-refractivity contribution in [3.8, 4) is 0 Å². The lowest BCUT2D eigenvalue weighted by Crippen LogP contribution is -2.32. The molecule has 2 aromatic heterocycles. The molecule has 0 aliphatic carbocycles. The molecule has 0 spiro atoms. The summed E-state index contributed by atoms with van der Waals surface area (Å²) < 4.78 is 7.63. The third-order valence-corrected chi connectivity index (χ3v) is 6.10. The van der Waals surface area contributed by atoms with Gasteiger partial charge in [-0.15, -0.1) is 10.2 Å². The van der Waals surface area contributed by atoms with Gasteiger partial charge in [-0.05, 0) is 49.6 Å². The van der Waals surface area contributed by atoms with Crippen molar-refractivity contribution in [2.45, 2.75) is 37.4 Å². The minimum absolute atomic E-state index is 0.0573. The highest BCUT2D eigenvalue weighted by molar-refractivity contribution is 7.99. The van der Waals surface area contributed by atoms with Crippen molar-refractivity contribution in [1.29, 1.82) is 0 Å². The Labute approximate surface area is 184 Å². The molecule has 158 valence electrons. The standard InChI is InChI=1S/C21H24ClN5O2S/c22-16-6-4-7-17(14-16)23-19(28)9-13-30-21-25-24-20(26-10-2-1-3-11-26)27(21)15-18-8-5-12-29-18/h4-8,12,14H,1-3,9-11,13,15H2,(H,23,28). The summed E-state index contributed by atoms with van der Waals surface area (Å²) in [7, 11) is 0. The first-order valence-electron chi connectivity index (χ1n) is 10.1. The molecule has 0 unspecified atom stereocenters. The van der Waals surface area contributed by atoms with Gasteiger partial charge in [0.15, 0.2) is 5.16 Å². The van der Waals surface area contributed by atoms with Gasteiger partial charge in [-0.3, -0.25) is 9.36 Å². The number of nitrogens with zero attached hydrogens (tertiary/aromatic N) is 4. The SMILES string of the molecule is O=C(CCSc1nnc(N2CCCCC2)n1Cc1ccco1)Nc1cccc(Cl)c1. The van der Waals surface area contributed by atoms with Crippen LogP contribution in [0.4, 0.5) is 11.6 Å². The Balaban J connectivity index is 1.40. The number of anilines is 2. The first-order chi connectivity index (χ1) is 14.7. The molecule has 0 saturated carbocycles. The van der Waals surface area contributed by atoms with Gasteiger partial charge in [0.2, 0.25) is 11.9 Å². The van der Waals surface area contributed by atoms with Crippen molar-refractivity contribution in [3.63, 3.8) is 0 Å². The van der Waals surface area contributed by atoms with E-state index >= 15 is 0 Å². The lowest BCUT2D eigenvalue weighted by Gasteiger charge is -2.27. The number of nitrogens with one attached hydrogen (secondary N) is 1. The summed E-state index contributed by atoms with van der Waals surface area (Å²) in [6.07, 6.45) is 5.63. The summed E-state index contributed by atoms with van der Waals surface area (Å²) in [5.41, 5.74) is 0.700. The summed E-state index contributed by atoms with van der Waals surface area (Å²) in [5, 5.41) is 13.1. The van der Waals surface area contributed by atoms with Gasteiger partial charge in [-0.2, -0.15) is 0 Å². The van der Waals surface area contributed by atoms with Gasteiger partial charge in [0.1, 0.15) is 5.76 Å². The topological polar surface area (TPSA) is 76.2 Å². The first-order valence-corrected chi connectivity index (χ1v) is 11.4. The van der Waals surface area contributed by atoms with E-state index in [9.17, 15) is 4.79 Å². The van der Waals surface area contributed by atoms with Gasteiger partial charge in [0, 0.05) is 36.0 Å². The molecule has 3 aromatic rings. The highest BCUT2D eigenvalue weighted by atomic mass is 35.5. The van der Waals surface area contributed by atoms with E-state index in [2.05, 4.69) is 25.0 Å². The Kier molecular flexibility index (Phi) is 6.96. The molecule has 9 heteroatoms. The Morgan fingerprint density at radius 3 is 2.80 bits per heavy atom. The number of furan rings is 1. The number of benzene rings is 1. The van der Waals surface area contributed by atoms with E-state index in [1.807, 2.05) is 24.3 Å². The molecule has 30 heavy (non-hydrogen) atoms. The Morgan fingerprint density at radius 1 is 1.17 bits per heavy atom. The van der Waals surface area contributed by atoms with Crippen LogP contribution in [0.2, 0.25) is 5.02 Å². The zero-order chi connectivity index (χ0) is 20.8. The molecule has 0 atom stereocenters. The third-order valence-electron chi connectivity index (χ3n) is 4.90. The number of halogens is 1. The minimum atomic E-state index is -0.0573. The molecule has 1 amide bonds. The molecule has 1 fully saturated rings. The van der Waals surface area contributed by atoms with Gasteiger partial charge in [0.25, 0.3) is 0 Å². The van der Waals surface area contributed by atoms with E-state index < -0.39 is 0 Å². The van der Waals surface area contributed by atoms with Gasteiger partial charge in [-0.25, -0.2) is 0 Å². The van der Waals surface area contributed by atoms with Crippen molar-refractivity contribution >= 4 is 40.9 Å². The fraction of sp³-hybridized carbons (Fsp3) is 0.381. The van der Waals surface area contributed by atoms with Crippen LogP contribution in [-0.2, 0) is 11.3 Å². The van der Waals surface area contributed by atoms with Crippen LogP contribution in [0.5, 0.6) is 0 Å². The average Bonchev–Trinajstić information content (AvgIpc) is 3.39. The van der Waals surface area contributed by atoms with Crippen LogP contribution >= 0.6 is 23.4 Å². The van der Waals surface area contributed by atoms with Crippen LogP contribution in [0.1, 0.15) is 31.4 Å². The second-order valence-corrected chi connectivity index (χ2v) is 8.65. The Morgan fingerprint density at radius 2 is 2.03 bits per heavy atom. The van der Waals surface area contributed by atoms with Crippen LogP contribution in [0.25, 0.3) is 0 Å². The van der Waals surface area contributed by atoms with E-state index in [0.29, 0.717) is 29.4 Å². The molecule has 1 N–H and O–H groups in total. The number of piperidine rings is 1. The second kappa shape index (κ2) is 10.0. The molecule has 7 nitrogen and oxygen atoms in total. The van der Waals surface area contributed by atoms with Crippen molar-refractivity contribution < 1.29 is 9.21 Å². The van der Waals surface area contributed by atoms with E-state index in [1.165, 1.54) is 31.0 Å². The summed E-state index contributed by atoms with van der Waals surface area (Å²) >= 11 is 7.50. The summed E-state index contributed by atoms with van der Waals surface area (Å²) in [6, 6.07) is 11.0. The van der Waals surface area contributed by atoms with Crippen LogP contribution < -0.4 is 10.2 Å². The van der Waals surface area contributed by atoms with Crippen LogP contribution in [0, 0.1) is 0 Å². The lowest BCUT2D eigenvalue weighted by atomic mass is 10.1. The molecule has 0 bridgehead atoms. The fourth-order valence-electron chi connectivity index (χ4n) is 3.44. The number of amides is 1. The molecule has 0 radical (unpaired) electrons. The minimum Gasteiger partial charge on any atom is -0.467 e. The predicted octanol–water partition coefficient (Wildman–Crippen LogP) is 4.68. The molecular formula is C21H24ClN5O2S. The Bertz CT molecular complexity index is 970. The Hall–Kier alpha value is -2.45. The van der Waals surface area contributed by atoms with Crippen molar-refractivity contribution in [2.75, 3.05) is 29.1 Å². The van der Waals surface area contributed by atoms with E-state index in [1.54, 1.807) is 18.4 Å². The average molecular weight is 446 g/mol. The lowest BCUT2D eigenvalue weighted by molar-refractivity contribution is -0.115. The first kappa shape index (κ1) is 20.8. The van der Waals surface area contributed by atoms with Gasteiger partial charge >= 0.3 is 0 Å². The normalized spacial score (nSPS) is 14.1. The third kappa shape index (κ3) is 5.37. The molecule has 1 aliphatic rings. The zero-order valence-corrected chi connectivity index (χ0v) is 18.2. The maximum absolute atomic E-state index is 12.3. The number of rotatable bonds is 8. The van der Waals surface area contributed by atoms with Gasteiger partial charge < -0.3 is 14.6 Å². The van der Waals surface area contributed by atoms with E-state index in [0.717, 1.165) is 30.0 Å². The predicted molar refractivity (Wildman–Crippen MR) is 119 cm³/mol.